The van der Waals surface area contributed by atoms with Crippen LogP contribution in [0.1, 0.15) is 6.92 Å². The second kappa shape index (κ2) is 3.67. The van der Waals surface area contributed by atoms with Crippen LogP contribution in [0.5, 0.6) is 0 Å². The summed E-state index contributed by atoms with van der Waals surface area (Å²) in [6, 6.07) is -0.966. The monoisotopic (exact) mass is 237 g/mol. The van der Waals surface area contributed by atoms with Gasteiger partial charge in [-0.15, -0.1) is 0 Å². The van der Waals surface area contributed by atoms with Gasteiger partial charge in [0.2, 0.25) is 5.30 Å². The minimum atomic E-state index is -1.30. The first-order valence-corrected chi connectivity index (χ1v) is 5.39. The van der Waals surface area contributed by atoms with Crippen LogP contribution in [-0.4, -0.2) is 56.5 Å². The van der Waals surface area contributed by atoms with Crippen molar-refractivity contribution in [1.82, 2.24) is 0 Å². The number of ether oxygens (including phenoxy) is 1. The van der Waals surface area contributed by atoms with Crippen molar-refractivity contribution in [3.8, 4) is 0 Å². The molecule has 1 saturated heterocycles. The molecule has 0 aromatic rings. The van der Waals surface area contributed by atoms with Gasteiger partial charge in [0.25, 0.3) is 0 Å². The maximum absolute atomic E-state index is 13.1. The van der Waals surface area contributed by atoms with E-state index in [1.165, 1.54) is 6.92 Å². The van der Waals surface area contributed by atoms with Crippen LogP contribution in [0.15, 0.2) is 4.99 Å². The summed E-state index contributed by atoms with van der Waals surface area (Å²) in [7, 11) is 0. The summed E-state index contributed by atoms with van der Waals surface area (Å²) >= 11 is 0.651. The molecule has 86 valence electrons. The maximum atomic E-state index is 13.1. The second-order valence-corrected chi connectivity index (χ2v) is 4.87. The quantitative estimate of drug-likeness (QED) is 0.559. The molecule has 1 fully saturated rings. The Hall–Kier alpha value is -0.210. The zero-order chi connectivity index (χ0) is 11.2. The lowest BCUT2D eigenvalue weighted by Crippen LogP contribution is -2.61. The van der Waals surface area contributed by atoms with Crippen LogP contribution in [0.4, 0.5) is 4.39 Å². The van der Waals surface area contributed by atoms with E-state index in [1.807, 2.05) is 0 Å². The minimum absolute atomic E-state index is 0.141. The van der Waals surface area contributed by atoms with E-state index >= 15 is 0 Å². The van der Waals surface area contributed by atoms with E-state index in [-0.39, 0.29) is 6.61 Å². The standard InChI is InChI=1S/C8H12FNO4S/c1-3(11)8-6(10-7(9)15-8)5(13)4(12)2-14-8/h3-6,11-13H,2H2,1H3/t3?,4?,5?,6?,8-/m0/s1. The van der Waals surface area contributed by atoms with E-state index in [4.69, 9.17) is 4.74 Å². The Kier molecular flexibility index (Phi) is 2.76. The molecular weight excluding hydrogens is 225 g/mol. The van der Waals surface area contributed by atoms with Crippen LogP contribution in [0.2, 0.25) is 0 Å². The number of aliphatic hydroxyl groups is 3. The first-order valence-electron chi connectivity index (χ1n) is 4.58. The van der Waals surface area contributed by atoms with Crippen molar-refractivity contribution >= 4 is 17.1 Å². The Morgan fingerprint density at radius 1 is 1.67 bits per heavy atom. The third kappa shape index (κ3) is 1.58. The normalized spacial score (nSPS) is 47.3. The Labute approximate surface area is 90.0 Å². The molecule has 4 unspecified atom stereocenters. The third-order valence-electron chi connectivity index (χ3n) is 2.68. The van der Waals surface area contributed by atoms with Crippen LogP contribution in [0.25, 0.3) is 0 Å². The number of halogens is 1. The molecule has 0 aromatic heterocycles. The van der Waals surface area contributed by atoms with Crippen LogP contribution >= 0.6 is 11.8 Å². The summed E-state index contributed by atoms with van der Waals surface area (Å²) in [4.78, 5) is 2.25. The van der Waals surface area contributed by atoms with Gasteiger partial charge >= 0.3 is 0 Å². The highest BCUT2D eigenvalue weighted by Gasteiger charge is 2.58. The zero-order valence-corrected chi connectivity index (χ0v) is 8.82. The maximum Gasteiger partial charge on any atom is 0.246 e. The number of fused-ring (bicyclic) bond motifs is 1. The molecule has 5 atom stereocenters. The van der Waals surface area contributed by atoms with Gasteiger partial charge in [0.05, 0.1) is 12.7 Å². The molecule has 2 heterocycles. The molecule has 3 N–H and O–H groups in total. The average Bonchev–Trinajstić information content (AvgIpc) is 2.51. The number of aliphatic hydroxyl groups excluding tert-OH is 3. The number of thioether (sulfide) groups is 1. The largest absolute Gasteiger partial charge is 0.389 e. The first kappa shape index (κ1) is 11.3. The van der Waals surface area contributed by atoms with Crippen molar-refractivity contribution in [2.24, 2.45) is 4.99 Å². The van der Waals surface area contributed by atoms with E-state index in [2.05, 4.69) is 4.99 Å². The van der Waals surface area contributed by atoms with Gasteiger partial charge in [-0.2, -0.15) is 4.39 Å². The summed E-state index contributed by atoms with van der Waals surface area (Å²) in [5.41, 5.74) is 0. The van der Waals surface area contributed by atoms with Gasteiger partial charge in [0.1, 0.15) is 18.2 Å². The van der Waals surface area contributed by atoms with Gasteiger partial charge in [-0.05, 0) is 18.7 Å². The van der Waals surface area contributed by atoms with Crippen LogP contribution < -0.4 is 0 Å². The van der Waals surface area contributed by atoms with E-state index in [9.17, 15) is 19.7 Å². The molecule has 0 aliphatic carbocycles. The van der Waals surface area contributed by atoms with E-state index < -0.39 is 34.6 Å². The number of aliphatic imine (C=N–C) groups is 1. The van der Waals surface area contributed by atoms with Crippen molar-refractivity contribution in [1.29, 1.82) is 0 Å². The number of hydrogen-bond acceptors (Lipinski definition) is 6. The number of nitrogens with zero attached hydrogens (tertiary/aromatic N) is 1. The Balaban J connectivity index is 2.32. The van der Waals surface area contributed by atoms with Crippen LogP contribution in [0.3, 0.4) is 0 Å². The summed E-state index contributed by atoms with van der Waals surface area (Å²) in [6.07, 6.45) is -3.31. The minimum Gasteiger partial charge on any atom is -0.389 e. The third-order valence-corrected chi connectivity index (χ3v) is 3.97. The van der Waals surface area contributed by atoms with E-state index in [1.54, 1.807) is 0 Å². The van der Waals surface area contributed by atoms with Crippen molar-refractivity contribution < 1.29 is 24.4 Å². The summed E-state index contributed by atoms with van der Waals surface area (Å²) in [5, 5.41) is 27.8. The zero-order valence-electron chi connectivity index (χ0n) is 8.00. The summed E-state index contributed by atoms with van der Waals surface area (Å²) in [5.74, 6) is 0. The molecular formula is C8H12FNO4S. The van der Waals surface area contributed by atoms with Crippen molar-refractivity contribution in [3.63, 3.8) is 0 Å². The van der Waals surface area contributed by atoms with Gasteiger partial charge < -0.3 is 20.1 Å². The topological polar surface area (TPSA) is 82.3 Å². The summed E-state index contributed by atoms with van der Waals surface area (Å²) in [6.45, 7) is 1.30. The molecule has 0 bridgehead atoms. The van der Waals surface area contributed by atoms with Crippen LogP contribution in [0, 0.1) is 0 Å². The highest BCUT2D eigenvalue weighted by atomic mass is 32.2. The molecule has 0 aromatic carbocycles. The van der Waals surface area contributed by atoms with Gasteiger partial charge in [0, 0.05) is 0 Å². The molecule has 15 heavy (non-hydrogen) atoms. The lowest BCUT2D eigenvalue weighted by molar-refractivity contribution is -0.172. The average molecular weight is 237 g/mol. The lowest BCUT2D eigenvalue weighted by atomic mass is 9.94. The van der Waals surface area contributed by atoms with Crippen molar-refractivity contribution in [3.05, 3.63) is 0 Å². The molecule has 2 aliphatic heterocycles. The molecule has 7 heteroatoms. The second-order valence-electron chi connectivity index (χ2n) is 3.70. The van der Waals surface area contributed by atoms with E-state index in [0.29, 0.717) is 11.8 Å². The number of hydrogen-bond donors (Lipinski definition) is 3. The Morgan fingerprint density at radius 3 is 2.93 bits per heavy atom. The fourth-order valence-electron chi connectivity index (χ4n) is 1.82. The Bertz CT molecular complexity index is 300. The molecule has 0 spiro atoms. The van der Waals surface area contributed by atoms with Crippen molar-refractivity contribution in [2.45, 2.75) is 36.2 Å². The van der Waals surface area contributed by atoms with E-state index in [0.717, 1.165) is 0 Å². The first-order chi connectivity index (χ1) is 6.97. The SMILES string of the molecule is CC(O)[C@@]12OCC(O)C(O)C1N=C(F)S2. The highest BCUT2D eigenvalue weighted by molar-refractivity contribution is 8.14. The highest BCUT2D eigenvalue weighted by Crippen LogP contribution is 2.46. The smallest absolute Gasteiger partial charge is 0.246 e. The van der Waals surface area contributed by atoms with Gasteiger partial charge in [0.15, 0.2) is 4.93 Å². The predicted octanol–water partition coefficient (Wildman–Crippen LogP) is -0.744. The summed E-state index contributed by atoms with van der Waals surface area (Å²) < 4.78 is 18.3. The molecule has 0 radical (unpaired) electrons. The molecule has 2 aliphatic rings. The van der Waals surface area contributed by atoms with Crippen molar-refractivity contribution in [2.75, 3.05) is 6.61 Å². The molecule has 5 nitrogen and oxygen atoms in total. The van der Waals surface area contributed by atoms with Gasteiger partial charge in [-0.1, -0.05) is 0 Å². The number of rotatable bonds is 1. The fraction of sp³-hybridized carbons (Fsp3) is 0.875. The lowest BCUT2D eigenvalue weighted by Gasteiger charge is -2.43. The Morgan fingerprint density at radius 2 is 2.33 bits per heavy atom. The van der Waals surface area contributed by atoms with Crippen LogP contribution in [-0.2, 0) is 4.74 Å². The van der Waals surface area contributed by atoms with Gasteiger partial charge in [-0.25, -0.2) is 4.99 Å². The predicted molar refractivity (Wildman–Crippen MR) is 52.3 cm³/mol. The van der Waals surface area contributed by atoms with Gasteiger partial charge in [-0.3, -0.25) is 0 Å². The molecule has 0 amide bonds. The molecule has 2 rings (SSSR count). The molecule has 0 saturated carbocycles. The fourth-order valence-corrected chi connectivity index (χ4v) is 2.86.